The van der Waals surface area contributed by atoms with E-state index in [1.807, 2.05) is 6.08 Å². The first-order valence-corrected chi connectivity index (χ1v) is 26.1. The van der Waals surface area contributed by atoms with Gasteiger partial charge in [-0.25, -0.2) is 0 Å². The van der Waals surface area contributed by atoms with Gasteiger partial charge >= 0.3 is 11.9 Å². The van der Waals surface area contributed by atoms with Gasteiger partial charge in [0.25, 0.3) is 0 Å². The van der Waals surface area contributed by atoms with E-state index in [4.69, 9.17) is 14.2 Å². The molecule has 0 saturated heterocycles. The van der Waals surface area contributed by atoms with E-state index < -0.39 is 6.10 Å². The standard InChI is InChI=1S/C57H98O5/c1-4-7-10-13-16-19-22-24-26-28-29-30-31-33-36-38-41-44-47-50-56(58)61-54-55(62-57(59)51-48-45-42-39-35-21-18-15-12-9-6-3)53-60-52-49-46-43-40-37-34-32-27-25-23-20-17-14-11-8-5-2/h7,10,15-16,18-19,24,26,29-30,33,36,41,44,55H,4-6,8-9,11-14,17,20-23,25,27-28,31-32,34-35,37-40,42-43,45-54H2,1-3H3/b10-7-,18-15-,19-16-,26-24-,30-29-,36-33-,44-41-. The molecule has 62 heavy (non-hydrogen) atoms. The van der Waals surface area contributed by atoms with Crippen molar-refractivity contribution >= 4 is 11.9 Å². The van der Waals surface area contributed by atoms with Crippen LogP contribution in [0.4, 0.5) is 0 Å². The molecule has 5 nitrogen and oxygen atoms in total. The molecule has 1 unspecified atom stereocenters. The van der Waals surface area contributed by atoms with E-state index in [-0.39, 0.29) is 25.2 Å². The van der Waals surface area contributed by atoms with Crippen molar-refractivity contribution in [2.75, 3.05) is 19.8 Å². The van der Waals surface area contributed by atoms with Crippen molar-refractivity contribution in [2.24, 2.45) is 0 Å². The molecule has 0 saturated carbocycles. The Labute approximate surface area is 384 Å². The van der Waals surface area contributed by atoms with Gasteiger partial charge in [0, 0.05) is 19.4 Å². The third-order valence-electron chi connectivity index (χ3n) is 10.9. The molecule has 0 bridgehead atoms. The fraction of sp³-hybridized carbons (Fsp3) is 0.719. The van der Waals surface area contributed by atoms with E-state index in [1.165, 1.54) is 122 Å². The number of rotatable bonds is 47. The Hall–Kier alpha value is -2.92. The number of esters is 2. The second-order valence-electron chi connectivity index (χ2n) is 17.0. The molecule has 356 valence electrons. The van der Waals surface area contributed by atoms with Crippen LogP contribution in [0.3, 0.4) is 0 Å². The number of hydrogen-bond donors (Lipinski definition) is 0. The molecule has 1 atom stereocenters. The van der Waals surface area contributed by atoms with Crippen molar-refractivity contribution in [1.82, 2.24) is 0 Å². The molecule has 0 aliphatic rings. The van der Waals surface area contributed by atoms with E-state index in [1.54, 1.807) is 0 Å². The Morgan fingerprint density at radius 1 is 0.371 bits per heavy atom. The Balaban J connectivity index is 4.35. The van der Waals surface area contributed by atoms with Crippen molar-refractivity contribution in [2.45, 2.75) is 245 Å². The molecule has 0 radical (unpaired) electrons. The largest absolute Gasteiger partial charge is 0.462 e. The van der Waals surface area contributed by atoms with Crippen LogP contribution in [0, 0.1) is 0 Å². The monoisotopic (exact) mass is 863 g/mol. The highest BCUT2D eigenvalue weighted by atomic mass is 16.6. The van der Waals surface area contributed by atoms with Gasteiger partial charge in [0.05, 0.1) is 6.61 Å². The zero-order valence-corrected chi connectivity index (χ0v) is 40.9. The number of carbonyl (C=O) groups is 2. The van der Waals surface area contributed by atoms with Crippen LogP contribution in [0.25, 0.3) is 0 Å². The molecule has 0 rings (SSSR count). The molecule has 0 heterocycles. The van der Waals surface area contributed by atoms with Crippen molar-refractivity contribution < 1.29 is 23.8 Å². The van der Waals surface area contributed by atoms with Crippen molar-refractivity contribution in [3.63, 3.8) is 0 Å². The molecule has 0 N–H and O–H groups in total. The number of allylic oxidation sites excluding steroid dienone is 14. The van der Waals surface area contributed by atoms with Gasteiger partial charge in [0.1, 0.15) is 6.61 Å². The minimum absolute atomic E-state index is 0.0407. The summed E-state index contributed by atoms with van der Waals surface area (Å²) in [5.74, 6) is -0.502. The summed E-state index contributed by atoms with van der Waals surface area (Å²) in [6.07, 6.45) is 68.9. The molecular formula is C57H98O5. The molecule has 0 fully saturated rings. The minimum atomic E-state index is -0.571. The van der Waals surface area contributed by atoms with E-state index in [0.717, 1.165) is 77.0 Å². The van der Waals surface area contributed by atoms with Gasteiger partial charge < -0.3 is 14.2 Å². The Morgan fingerprint density at radius 3 is 1.27 bits per heavy atom. The number of unbranched alkanes of at least 4 members (excludes halogenated alkanes) is 22. The van der Waals surface area contributed by atoms with Gasteiger partial charge in [-0.1, -0.05) is 234 Å². The van der Waals surface area contributed by atoms with Crippen LogP contribution in [0.5, 0.6) is 0 Å². The van der Waals surface area contributed by atoms with Crippen LogP contribution in [-0.4, -0.2) is 37.9 Å². The van der Waals surface area contributed by atoms with Crippen molar-refractivity contribution in [1.29, 1.82) is 0 Å². The van der Waals surface area contributed by atoms with Crippen LogP contribution < -0.4 is 0 Å². The van der Waals surface area contributed by atoms with Gasteiger partial charge in [0.15, 0.2) is 6.10 Å². The topological polar surface area (TPSA) is 61.8 Å². The van der Waals surface area contributed by atoms with E-state index in [2.05, 4.69) is 99.8 Å². The lowest BCUT2D eigenvalue weighted by Crippen LogP contribution is -2.30. The first kappa shape index (κ1) is 59.1. The summed E-state index contributed by atoms with van der Waals surface area (Å²) in [4.78, 5) is 25.3. The summed E-state index contributed by atoms with van der Waals surface area (Å²) in [5, 5.41) is 0. The summed E-state index contributed by atoms with van der Waals surface area (Å²) in [6.45, 7) is 7.61. The summed E-state index contributed by atoms with van der Waals surface area (Å²) in [6, 6.07) is 0. The van der Waals surface area contributed by atoms with Gasteiger partial charge in [0.2, 0.25) is 0 Å². The predicted molar refractivity (Wildman–Crippen MR) is 270 cm³/mol. The highest BCUT2D eigenvalue weighted by Crippen LogP contribution is 2.15. The zero-order chi connectivity index (χ0) is 44.9. The molecule has 0 aromatic rings. The molecular weight excluding hydrogens is 765 g/mol. The second kappa shape index (κ2) is 52.4. The normalized spacial score (nSPS) is 12.9. The maximum Gasteiger partial charge on any atom is 0.306 e. The fourth-order valence-corrected chi connectivity index (χ4v) is 7.05. The maximum atomic E-state index is 12.8. The SMILES string of the molecule is CC/C=C\C/C=C\C/C=C\C/C=C\C/C=C\C/C=C\CCC(=O)OCC(COCCCCCCCCCCCCCCCCCC)OC(=O)CCCCCCC/C=C\CCCC. The predicted octanol–water partition coefficient (Wildman–Crippen LogP) is 17.7. The first-order chi connectivity index (χ1) is 30.6. The third kappa shape index (κ3) is 49.7. The number of ether oxygens (including phenoxy) is 3. The lowest BCUT2D eigenvalue weighted by atomic mass is 10.0. The van der Waals surface area contributed by atoms with Crippen molar-refractivity contribution in [3.05, 3.63) is 85.1 Å². The number of carbonyl (C=O) groups excluding carboxylic acids is 2. The summed E-state index contributed by atoms with van der Waals surface area (Å²) in [5.41, 5.74) is 0. The molecule has 0 aliphatic heterocycles. The van der Waals surface area contributed by atoms with Crippen LogP contribution in [0.15, 0.2) is 85.1 Å². The quantitative estimate of drug-likeness (QED) is 0.0346. The molecule has 0 aromatic heterocycles. The first-order valence-electron chi connectivity index (χ1n) is 26.1. The summed E-state index contributed by atoms with van der Waals surface area (Å²) < 4.78 is 17.3. The Morgan fingerprint density at radius 2 is 0.774 bits per heavy atom. The average molecular weight is 863 g/mol. The Kier molecular flexibility index (Phi) is 50.0. The minimum Gasteiger partial charge on any atom is -0.462 e. The van der Waals surface area contributed by atoms with Crippen molar-refractivity contribution in [3.8, 4) is 0 Å². The molecule has 0 spiro atoms. The fourth-order valence-electron chi connectivity index (χ4n) is 7.05. The van der Waals surface area contributed by atoms with Gasteiger partial charge in [-0.05, 0) is 77.0 Å². The highest BCUT2D eigenvalue weighted by Gasteiger charge is 2.17. The van der Waals surface area contributed by atoms with E-state index in [0.29, 0.717) is 25.9 Å². The molecule has 0 aromatic carbocycles. The van der Waals surface area contributed by atoms with Gasteiger partial charge in [-0.2, -0.15) is 0 Å². The smallest absolute Gasteiger partial charge is 0.306 e. The van der Waals surface area contributed by atoms with Gasteiger partial charge in [-0.15, -0.1) is 0 Å². The van der Waals surface area contributed by atoms with Crippen LogP contribution in [0.1, 0.15) is 239 Å². The van der Waals surface area contributed by atoms with Crippen LogP contribution in [0.2, 0.25) is 0 Å². The maximum absolute atomic E-state index is 12.8. The zero-order valence-electron chi connectivity index (χ0n) is 40.9. The average Bonchev–Trinajstić information content (AvgIpc) is 3.27. The molecule has 0 amide bonds. The second-order valence-corrected chi connectivity index (χ2v) is 17.0. The lowest BCUT2D eigenvalue weighted by molar-refractivity contribution is -0.162. The lowest BCUT2D eigenvalue weighted by Gasteiger charge is -2.18. The summed E-state index contributed by atoms with van der Waals surface area (Å²) >= 11 is 0. The number of hydrogen-bond acceptors (Lipinski definition) is 5. The van der Waals surface area contributed by atoms with E-state index >= 15 is 0 Å². The van der Waals surface area contributed by atoms with Crippen LogP contribution in [-0.2, 0) is 23.8 Å². The van der Waals surface area contributed by atoms with Crippen LogP contribution >= 0.6 is 0 Å². The van der Waals surface area contributed by atoms with E-state index in [9.17, 15) is 9.59 Å². The Bertz CT molecular complexity index is 1160. The molecule has 5 heteroatoms. The molecule has 0 aliphatic carbocycles. The highest BCUT2D eigenvalue weighted by molar-refractivity contribution is 5.70. The third-order valence-corrected chi connectivity index (χ3v) is 10.9. The van der Waals surface area contributed by atoms with Gasteiger partial charge in [-0.3, -0.25) is 9.59 Å². The summed E-state index contributed by atoms with van der Waals surface area (Å²) in [7, 11) is 0.